The molecule has 1 saturated heterocycles. The molecule has 2 aromatic carbocycles. The number of benzene rings is 2. The Kier molecular flexibility index (Phi) is 20.8. The number of ether oxygens (including phenoxy) is 2. The second-order valence-corrected chi connectivity index (χ2v) is 18.8. The van der Waals surface area contributed by atoms with E-state index in [1.807, 2.05) is 113 Å². The zero-order valence-electron chi connectivity index (χ0n) is 40.1. The maximum absolute atomic E-state index is 14.4. The van der Waals surface area contributed by atoms with Crippen LogP contribution in [0.3, 0.4) is 0 Å². The van der Waals surface area contributed by atoms with Gasteiger partial charge < -0.3 is 29.9 Å². The number of ketones is 2. The Labute approximate surface area is 373 Å². The average molecular weight is 862 g/mol. The van der Waals surface area contributed by atoms with Crippen LogP contribution in [0.2, 0.25) is 0 Å². The summed E-state index contributed by atoms with van der Waals surface area (Å²) in [7, 11) is 10.5. The number of hydrogen-bond acceptors (Lipinski definition) is 9. The van der Waals surface area contributed by atoms with Crippen molar-refractivity contribution in [2.24, 2.45) is 35.5 Å². The van der Waals surface area contributed by atoms with Crippen molar-refractivity contribution in [2.45, 2.75) is 130 Å². The first-order valence-corrected chi connectivity index (χ1v) is 22.7. The smallest absolute Gasteiger partial charge is 0.226 e. The predicted octanol–water partition coefficient (Wildman–Crippen LogP) is 6.78. The molecule has 0 unspecified atom stereocenters. The summed E-state index contributed by atoms with van der Waals surface area (Å²) >= 11 is 0. The standard InChI is InChI=1S/C50H79N5O7/c1-14-34(6)47(54(11)50(60)40(32(2)3)29-43(57)46(33(4)5)52(8)9)44(61-12)30-45(58)55-26-18-21-41(55)48(62-13)35(7)42(56)28-38(27-36-19-16-15-17-20-36)49(59)53(10)31-37-22-24-39(51)25-23-37/h15-17,19-20,22-25,32-35,38,40-41,44,46-48H,14,18,21,26-31,51H2,1-13H3/t34-,35-,38-,40-,41-,44+,46-,47-,48+/m0/s1. The van der Waals surface area contributed by atoms with E-state index in [4.69, 9.17) is 15.2 Å². The van der Waals surface area contributed by atoms with E-state index in [0.29, 0.717) is 31.6 Å². The number of Topliss-reactive ketones (excluding diaryl/α,β-unsaturated/α-hetero) is 2. The minimum atomic E-state index is -0.614. The van der Waals surface area contributed by atoms with Gasteiger partial charge in [-0.1, -0.05) is 97.4 Å². The topological polar surface area (TPSA) is 143 Å². The second kappa shape index (κ2) is 24.6. The molecule has 12 heteroatoms. The van der Waals surface area contributed by atoms with E-state index < -0.39 is 36.0 Å². The Bertz CT molecular complexity index is 1730. The summed E-state index contributed by atoms with van der Waals surface area (Å²) in [5.41, 5.74) is 8.44. The maximum atomic E-state index is 14.4. The highest BCUT2D eigenvalue weighted by Crippen LogP contribution is 2.32. The van der Waals surface area contributed by atoms with Gasteiger partial charge in [-0.25, -0.2) is 0 Å². The summed E-state index contributed by atoms with van der Waals surface area (Å²) < 4.78 is 12.2. The number of nitrogen functional groups attached to an aromatic ring is 1. The highest BCUT2D eigenvalue weighted by atomic mass is 16.5. The van der Waals surface area contributed by atoms with Gasteiger partial charge in [-0.05, 0) is 74.4 Å². The van der Waals surface area contributed by atoms with E-state index >= 15 is 0 Å². The van der Waals surface area contributed by atoms with Crippen molar-refractivity contribution >= 4 is 35.0 Å². The monoisotopic (exact) mass is 862 g/mol. The predicted molar refractivity (Wildman–Crippen MR) is 247 cm³/mol. The summed E-state index contributed by atoms with van der Waals surface area (Å²) in [6.45, 7) is 14.9. The van der Waals surface area contributed by atoms with Crippen molar-refractivity contribution in [3.05, 3.63) is 65.7 Å². The van der Waals surface area contributed by atoms with E-state index in [1.54, 1.807) is 38.1 Å². The van der Waals surface area contributed by atoms with Crippen molar-refractivity contribution in [3.8, 4) is 0 Å². The second-order valence-electron chi connectivity index (χ2n) is 18.8. The first-order chi connectivity index (χ1) is 29.3. The molecule has 2 aromatic rings. The minimum Gasteiger partial charge on any atom is -0.399 e. The van der Waals surface area contributed by atoms with E-state index in [1.165, 1.54) is 0 Å². The molecule has 3 amide bonds. The molecule has 9 atom stereocenters. The minimum absolute atomic E-state index is 0.00813. The lowest BCUT2D eigenvalue weighted by Gasteiger charge is -2.41. The zero-order valence-corrected chi connectivity index (χ0v) is 40.1. The summed E-state index contributed by atoms with van der Waals surface area (Å²) in [5.74, 6) is -2.12. The van der Waals surface area contributed by atoms with Crippen molar-refractivity contribution in [1.29, 1.82) is 0 Å². The first kappa shape index (κ1) is 52.2. The number of methoxy groups -OCH3 is 2. The van der Waals surface area contributed by atoms with Gasteiger partial charge in [-0.2, -0.15) is 0 Å². The molecule has 62 heavy (non-hydrogen) atoms. The number of likely N-dealkylation sites (tertiary alicyclic amines) is 1. The van der Waals surface area contributed by atoms with Crippen LogP contribution in [-0.4, -0.2) is 128 Å². The Morgan fingerprint density at radius 1 is 0.774 bits per heavy atom. The van der Waals surface area contributed by atoms with Crippen molar-refractivity contribution in [3.63, 3.8) is 0 Å². The molecular formula is C50H79N5O7. The summed E-state index contributed by atoms with van der Waals surface area (Å²) in [6, 6.07) is 16.1. The van der Waals surface area contributed by atoms with Crippen LogP contribution in [0.25, 0.3) is 0 Å². The van der Waals surface area contributed by atoms with Crippen molar-refractivity contribution in [2.75, 3.05) is 54.7 Å². The fourth-order valence-corrected chi connectivity index (χ4v) is 9.66. The van der Waals surface area contributed by atoms with Crippen molar-refractivity contribution in [1.82, 2.24) is 19.6 Å². The van der Waals surface area contributed by atoms with Gasteiger partial charge in [0.1, 0.15) is 5.78 Å². The largest absolute Gasteiger partial charge is 0.399 e. The number of carbonyl (C=O) groups excluding carboxylic acids is 5. The molecule has 0 radical (unpaired) electrons. The maximum Gasteiger partial charge on any atom is 0.226 e. The Morgan fingerprint density at radius 3 is 1.94 bits per heavy atom. The van der Waals surface area contributed by atoms with Gasteiger partial charge in [0.15, 0.2) is 5.78 Å². The molecule has 2 N–H and O–H groups in total. The molecule has 0 aliphatic carbocycles. The van der Waals surface area contributed by atoms with Gasteiger partial charge >= 0.3 is 0 Å². The number of amides is 3. The third kappa shape index (κ3) is 13.9. The normalized spacial score (nSPS) is 18.2. The molecule has 346 valence electrons. The quantitative estimate of drug-likeness (QED) is 0.107. The third-order valence-electron chi connectivity index (χ3n) is 13.3. The van der Waals surface area contributed by atoms with Gasteiger partial charge in [0, 0.05) is 77.7 Å². The van der Waals surface area contributed by atoms with Crippen LogP contribution in [0.1, 0.15) is 98.1 Å². The Hall–Kier alpha value is -4.13. The van der Waals surface area contributed by atoms with Gasteiger partial charge in [-0.15, -0.1) is 0 Å². The fourth-order valence-electron chi connectivity index (χ4n) is 9.66. The number of rotatable bonds is 25. The molecule has 1 aliphatic rings. The number of nitrogens with two attached hydrogens (primary N) is 1. The summed E-state index contributed by atoms with van der Waals surface area (Å²) in [5, 5.41) is 0. The lowest BCUT2D eigenvalue weighted by molar-refractivity contribution is -0.149. The average Bonchev–Trinajstić information content (AvgIpc) is 3.72. The molecule has 1 heterocycles. The molecular weight excluding hydrogens is 783 g/mol. The van der Waals surface area contributed by atoms with Crippen LogP contribution in [0, 0.1) is 35.5 Å². The van der Waals surface area contributed by atoms with Gasteiger partial charge in [0.05, 0.1) is 36.8 Å². The Morgan fingerprint density at radius 2 is 1.40 bits per heavy atom. The van der Waals surface area contributed by atoms with Crippen LogP contribution in [-0.2, 0) is 46.4 Å². The Balaban J connectivity index is 1.82. The molecule has 1 fully saturated rings. The van der Waals surface area contributed by atoms with E-state index in [2.05, 4.69) is 13.8 Å². The number of likely N-dealkylation sites (N-methyl/N-ethyl adjacent to an activating group) is 2. The molecule has 12 nitrogen and oxygen atoms in total. The van der Waals surface area contributed by atoms with E-state index in [-0.39, 0.29) is 78.4 Å². The number of carbonyl (C=O) groups is 5. The molecule has 1 aliphatic heterocycles. The third-order valence-corrected chi connectivity index (χ3v) is 13.3. The van der Waals surface area contributed by atoms with Gasteiger partial charge in [-0.3, -0.25) is 28.9 Å². The van der Waals surface area contributed by atoms with Crippen LogP contribution in [0.4, 0.5) is 5.69 Å². The van der Waals surface area contributed by atoms with Crippen LogP contribution in [0.5, 0.6) is 0 Å². The van der Waals surface area contributed by atoms with E-state index in [0.717, 1.165) is 24.0 Å². The molecule has 3 rings (SSSR count). The lowest BCUT2D eigenvalue weighted by atomic mass is 9.83. The zero-order chi connectivity index (χ0) is 46.4. The molecule has 0 saturated carbocycles. The number of nitrogens with zero attached hydrogens (tertiary/aromatic N) is 4. The van der Waals surface area contributed by atoms with Crippen LogP contribution >= 0.6 is 0 Å². The molecule has 0 bridgehead atoms. The summed E-state index contributed by atoms with van der Waals surface area (Å²) in [4.78, 5) is 78.0. The van der Waals surface area contributed by atoms with E-state index in [9.17, 15) is 24.0 Å². The summed E-state index contributed by atoms with van der Waals surface area (Å²) in [6.07, 6.45) is 1.57. The van der Waals surface area contributed by atoms with Gasteiger partial charge in [0.25, 0.3) is 0 Å². The van der Waals surface area contributed by atoms with Crippen LogP contribution < -0.4 is 5.73 Å². The fraction of sp³-hybridized carbons (Fsp3) is 0.660. The highest BCUT2D eigenvalue weighted by molar-refractivity contribution is 5.90. The number of anilines is 1. The highest BCUT2D eigenvalue weighted by Gasteiger charge is 2.43. The molecule has 0 aromatic heterocycles. The molecule has 0 spiro atoms. The van der Waals surface area contributed by atoms with Crippen molar-refractivity contribution < 1.29 is 33.4 Å². The first-order valence-electron chi connectivity index (χ1n) is 22.7. The lowest BCUT2D eigenvalue weighted by Crippen LogP contribution is -2.54. The number of hydrogen-bond donors (Lipinski definition) is 1. The van der Waals surface area contributed by atoms with Gasteiger partial charge in [0.2, 0.25) is 17.7 Å². The SMILES string of the molecule is CC[C@H](C)[C@@H]([C@@H](CC(=O)N1CCC[C@H]1[C@H](OC)[C@@H](C)C(=O)C[C@H](Cc1ccccc1)C(=O)N(C)Cc1ccc(N)cc1)OC)N(C)C(=O)[C@@H](CC(=O)[C@H](C(C)C)N(C)C)C(C)C. The van der Waals surface area contributed by atoms with Crippen LogP contribution in [0.15, 0.2) is 54.6 Å².